The molecule has 20 heavy (non-hydrogen) atoms. The van der Waals surface area contributed by atoms with Gasteiger partial charge in [-0.3, -0.25) is 4.68 Å². The van der Waals surface area contributed by atoms with Crippen molar-refractivity contribution in [1.29, 1.82) is 0 Å². The van der Waals surface area contributed by atoms with Gasteiger partial charge in [-0.2, -0.15) is 5.10 Å². The summed E-state index contributed by atoms with van der Waals surface area (Å²) in [5.41, 5.74) is 8.82. The Morgan fingerprint density at radius 2 is 1.95 bits per heavy atom. The molecule has 108 valence electrons. The van der Waals surface area contributed by atoms with Crippen molar-refractivity contribution in [3.8, 4) is 0 Å². The summed E-state index contributed by atoms with van der Waals surface area (Å²) in [7, 11) is 1.88. The minimum atomic E-state index is -0.209. The number of hydrogen-bond acceptors (Lipinski definition) is 3. The van der Waals surface area contributed by atoms with Gasteiger partial charge in [0.2, 0.25) is 0 Å². The van der Waals surface area contributed by atoms with Gasteiger partial charge in [0.25, 0.3) is 0 Å². The summed E-state index contributed by atoms with van der Waals surface area (Å²) < 4.78 is 14.6. The SMILES string of the molecule is CC(C)c1nn(C)c(NCCc2ccc(F)cc2)c1N. The number of hydrogen-bond donors (Lipinski definition) is 2. The third-order valence-corrected chi connectivity index (χ3v) is 3.28. The third kappa shape index (κ3) is 3.10. The zero-order valence-corrected chi connectivity index (χ0v) is 12.2. The molecule has 0 unspecified atom stereocenters. The Morgan fingerprint density at radius 1 is 1.30 bits per heavy atom. The first kappa shape index (κ1) is 14.4. The van der Waals surface area contributed by atoms with Crippen molar-refractivity contribution in [2.24, 2.45) is 7.05 Å². The number of aryl methyl sites for hydroxylation is 1. The summed E-state index contributed by atoms with van der Waals surface area (Å²) in [6.45, 7) is 4.87. The highest BCUT2D eigenvalue weighted by Gasteiger charge is 2.15. The molecule has 5 heteroatoms. The molecular weight excluding hydrogens is 255 g/mol. The Balaban J connectivity index is 1.99. The van der Waals surface area contributed by atoms with E-state index in [1.54, 1.807) is 16.8 Å². The van der Waals surface area contributed by atoms with Gasteiger partial charge in [0, 0.05) is 13.6 Å². The van der Waals surface area contributed by atoms with E-state index in [2.05, 4.69) is 24.3 Å². The van der Waals surface area contributed by atoms with Crippen LogP contribution in [-0.2, 0) is 13.5 Å². The highest BCUT2D eigenvalue weighted by Crippen LogP contribution is 2.27. The molecule has 0 aliphatic rings. The summed E-state index contributed by atoms with van der Waals surface area (Å²) in [5.74, 6) is 0.934. The quantitative estimate of drug-likeness (QED) is 0.883. The lowest BCUT2D eigenvalue weighted by Crippen LogP contribution is -2.10. The van der Waals surface area contributed by atoms with Crippen molar-refractivity contribution in [3.05, 3.63) is 41.3 Å². The maximum atomic E-state index is 12.8. The van der Waals surface area contributed by atoms with Gasteiger partial charge >= 0.3 is 0 Å². The number of nitrogens with two attached hydrogens (primary N) is 1. The van der Waals surface area contributed by atoms with Crippen LogP contribution in [0.3, 0.4) is 0 Å². The van der Waals surface area contributed by atoms with Gasteiger partial charge < -0.3 is 11.1 Å². The van der Waals surface area contributed by atoms with Crippen molar-refractivity contribution in [1.82, 2.24) is 9.78 Å². The molecule has 0 bridgehead atoms. The fourth-order valence-corrected chi connectivity index (χ4v) is 2.17. The zero-order chi connectivity index (χ0) is 14.7. The van der Waals surface area contributed by atoms with E-state index in [-0.39, 0.29) is 5.82 Å². The lowest BCUT2D eigenvalue weighted by atomic mass is 10.1. The molecule has 0 spiro atoms. The van der Waals surface area contributed by atoms with E-state index in [1.165, 1.54) is 12.1 Å². The summed E-state index contributed by atoms with van der Waals surface area (Å²) in [6, 6.07) is 6.54. The number of nitrogens with zero attached hydrogens (tertiary/aromatic N) is 2. The van der Waals surface area contributed by atoms with Crippen molar-refractivity contribution >= 4 is 11.5 Å². The van der Waals surface area contributed by atoms with Crippen molar-refractivity contribution in [3.63, 3.8) is 0 Å². The molecule has 0 aliphatic heterocycles. The first-order valence-corrected chi connectivity index (χ1v) is 6.79. The van der Waals surface area contributed by atoms with E-state index in [0.717, 1.165) is 30.0 Å². The molecular formula is C15H21FN4. The molecule has 0 atom stereocenters. The van der Waals surface area contributed by atoms with Crippen LogP contribution < -0.4 is 11.1 Å². The van der Waals surface area contributed by atoms with Crippen molar-refractivity contribution in [2.75, 3.05) is 17.6 Å². The first-order valence-electron chi connectivity index (χ1n) is 6.79. The van der Waals surface area contributed by atoms with Gasteiger partial charge in [-0.1, -0.05) is 26.0 Å². The minimum Gasteiger partial charge on any atom is -0.394 e. The maximum absolute atomic E-state index is 12.8. The molecule has 0 saturated carbocycles. The van der Waals surface area contributed by atoms with Crippen LogP contribution in [0, 0.1) is 5.82 Å². The van der Waals surface area contributed by atoms with Gasteiger partial charge in [-0.15, -0.1) is 0 Å². The van der Waals surface area contributed by atoms with Crippen molar-refractivity contribution in [2.45, 2.75) is 26.2 Å². The third-order valence-electron chi connectivity index (χ3n) is 3.28. The highest BCUT2D eigenvalue weighted by atomic mass is 19.1. The number of nitrogens with one attached hydrogen (secondary N) is 1. The number of anilines is 2. The number of rotatable bonds is 5. The zero-order valence-electron chi connectivity index (χ0n) is 12.2. The number of nitrogen functional groups attached to an aromatic ring is 1. The van der Waals surface area contributed by atoms with Gasteiger partial charge in [0.05, 0.1) is 11.4 Å². The Hall–Kier alpha value is -2.04. The molecule has 2 aromatic rings. The van der Waals surface area contributed by atoms with E-state index >= 15 is 0 Å². The lowest BCUT2D eigenvalue weighted by Gasteiger charge is -2.08. The number of aromatic nitrogens is 2. The van der Waals surface area contributed by atoms with E-state index < -0.39 is 0 Å². The summed E-state index contributed by atoms with van der Waals surface area (Å²) in [5, 5.41) is 7.73. The second-order valence-corrected chi connectivity index (χ2v) is 5.23. The molecule has 3 N–H and O–H groups in total. The fraction of sp³-hybridized carbons (Fsp3) is 0.400. The Morgan fingerprint density at radius 3 is 2.50 bits per heavy atom. The molecule has 4 nitrogen and oxygen atoms in total. The van der Waals surface area contributed by atoms with Crippen molar-refractivity contribution < 1.29 is 4.39 Å². The van der Waals surface area contributed by atoms with Crippen LogP contribution in [0.4, 0.5) is 15.9 Å². The van der Waals surface area contributed by atoms with E-state index in [9.17, 15) is 4.39 Å². The van der Waals surface area contributed by atoms with Crippen LogP contribution in [0.2, 0.25) is 0 Å². The second kappa shape index (κ2) is 5.94. The maximum Gasteiger partial charge on any atom is 0.147 e. The first-order chi connectivity index (χ1) is 9.49. The molecule has 2 rings (SSSR count). The normalized spacial score (nSPS) is 11.1. The molecule has 0 saturated heterocycles. The Kier molecular flexibility index (Phi) is 4.27. The summed E-state index contributed by atoms with van der Waals surface area (Å²) >= 11 is 0. The average molecular weight is 276 g/mol. The Bertz CT molecular complexity index is 572. The number of benzene rings is 1. The second-order valence-electron chi connectivity index (χ2n) is 5.23. The largest absolute Gasteiger partial charge is 0.394 e. The standard InChI is InChI=1S/C15H21FN4/c1-10(2)14-13(17)15(20(3)19-14)18-9-8-11-4-6-12(16)7-5-11/h4-7,10,18H,8-9,17H2,1-3H3. The monoisotopic (exact) mass is 276 g/mol. The molecule has 0 fully saturated rings. The van der Waals surface area contributed by atoms with Crippen LogP contribution in [0.25, 0.3) is 0 Å². The van der Waals surface area contributed by atoms with Gasteiger partial charge in [0.1, 0.15) is 11.6 Å². The smallest absolute Gasteiger partial charge is 0.147 e. The van der Waals surface area contributed by atoms with Gasteiger partial charge in [0.15, 0.2) is 0 Å². The lowest BCUT2D eigenvalue weighted by molar-refractivity contribution is 0.627. The van der Waals surface area contributed by atoms with E-state index in [1.807, 2.05) is 7.05 Å². The van der Waals surface area contributed by atoms with Gasteiger partial charge in [-0.25, -0.2) is 4.39 Å². The van der Waals surface area contributed by atoms with Crippen LogP contribution in [-0.4, -0.2) is 16.3 Å². The molecule has 0 aliphatic carbocycles. The highest BCUT2D eigenvalue weighted by molar-refractivity contribution is 5.65. The van der Waals surface area contributed by atoms with Crippen LogP contribution >= 0.6 is 0 Å². The topological polar surface area (TPSA) is 55.9 Å². The van der Waals surface area contributed by atoms with Crippen LogP contribution in [0.5, 0.6) is 0 Å². The Labute approximate surface area is 118 Å². The van der Waals surface area contributed by atoms with E-state index in [0.29, 0.717) is 11.6 Å². The number of halogens is 1. The summed E-state index contributed by atoms with van der Waals surface area (Å²) in [4.78, 5) is 0. The van der Waals surface area contributed by atoms with Gasteiger partial charge in [-0.05, 0) is 30.0 Å². The molecule has 1 aromatic heterocycles. The molecule has 0 radical (unpaired) electrons. The van der Waals surface area contributed by atoms with Crippen LogP contribution in [0.15, 0.2) is 24.3 Å². The fourth-order valence-electron chi connectivity index (χ4n) is 2.17. The molecule has 1 aromatic carbocycles. The van der Waals surface area contributed by atoms with E-state index in [4.69, 9.17) is 5.73 Å². The predicted octanol–water partition coefficient (Wildman–Crippen LogP) is 2.92. The average Bonchev–Trinajstić information content (AvgIpc) is 2.69. The molecule has 0 amide bonds. The van der Waals surface area contributed by atoms with Crippen LogP contribution in [0.1, 0.15) is 31.0 Å². The predicted molar refractivity (Wildman–Crippen MR) is 80.3 cm³/mol. The minimum absolute atomic E-state index is 0.209. The summed E-state index contributed by atoms with van der Waals surface area (Å²) in [6.07, 6.45) is 0.807. The molecule has 1 heterocycles.